The molecule has 37 heavy (non-hydrogen) atoms. The van der Waals surface area contributed by atoms with Crippen LogP contribution in [-0.2, 0) is 20.8 Å². The maximum Gasteiger partial charge on any atom is 0.307 e. The van der Waals surface area contributed by atoms with Gasteiger partial charge in [0.25, 0.3) is 11.7 Å². The van der Waals surface area contributed by atoms with Crippen molar-refractivity contribution in [3.8, 4) is 17.2 Å². The van der Waals surface area contributed by atoms with E-state index in [0.717, 1.165) is 0 Å². The Morgan fingerprint density at radius 2 is 1.68 bits per heavy atom. The number of ketones is 1. The number of aliphatic hydroxyl groups excluding tert-OH is 1. The average molecular weight is 501 g/mol. The van der Waals surface area contributed by atoms with E-state index in [-0.39, 0.29) is 17.8 Å². The van der Waals surface area contributed by atoms with E-state index in [2.05, 4.69) is 0 Å². The summed E-state index contributed by atoms with van der Waals surface area (Å²) in [6.45, 7) is 0.753. The number of aliphatic hydroxyl groups is 1. The summed E-state index contributed by atoms with van der Waals surface area (Å²) in [5, 5.41) is 20.5. The topological polar surface area (TPSA) is 123 Å². The maximum atomic E-state index is 13.4. The number of para-hydroxylation sites is 1. The highest BCUT2D eigenvalue weighted by atomic mass is 16.6. The SMILES string of the molecule is COc1ccccc1C1/C(=C(\O)c2ccc3c(c2)OCCO3)C(=O)C(=O)N1c1ccc(CC(=O)O)cc1. The largest absolute Gasteiger partial charge is 0.507 e. The fourth-order valence-electron chi connectivity index (χ4n) is 4.58. The van der Waals surface area contributed by atoms with Crippen molar-refractivity contribution in [2.45, 2.75) is 12.5 Å². The van der Waals surface area contributed by atoms with Crippen molar-refractivity contribution in [3.05, 3.63) is 89.0 Å². The molecule has 3 aromatic carbocycles. The predicted molar refractivity (Wildman–Crippen MR) is 133 cm³/mol. The fraction of sp³-hybridized carbons (Fsp3) is 0.179. The lowest BCUT2D eigenvalue weighted by atomic mass is 9.94. The molecule has 0 radical (unpaired) electrons. The van der Waals surface area contributed by atoms with Crippen molar-refractivity contribution in [2.24, 2.45) is 0 Å². The van der Waals surface area contributed by atoms with Crippen molar-refractivity contribution in [1.29, 1.82) is 0 Å². The molecule has 2 aliphatic heterocycles. The van der Waals surface area contributed by atoms with Crippen LogP contribution < -0.4 is 19.1 Å². The van der Waals surface area contributed by atoms with Gasteiger partial charge in [-0.25, -0.2) is 0 Å². The second-order valence-corrected chi connectivity index (χ2v) is 8.51. The average Bonchev–Trinajstić information content (AvgIpc) is 3.18. The lowest BCUT2D eigenvalue weighted by Crippen LogP contribution is -2.29. The van der Waals surface area contributed by atoms with E-state index in [1.54, 1.807) is 66.7 Å². The number of carboxylic acids is 1. The Balaban J connectivity index is 1.67. The van der Waals surface area contributed by atoms with E-state index in [1.807, 2.05) is 0 Å². The maximum absolute atomic E-state index is 13.4. The first kappa shape index (κ1) is 23.9. The summed E-state index contributed by atoms with van der Waals surface area (Å²) in [6.07, 6.45) is -0.181. The number of fused-ring (bicyclic) bond motifs is 1. The Labute approximate surface area is 212 Å². The molecule has 1 amide bonds. The van der Waals surface area contributed by atoms with Gasteiger partial charge in [0.1, 0.15) is 24.7 Å². The Kier molecular flexibility index (Phi) is 6.27. The number of methoxy groups -OCH3 is 1. The number of rotatable bonds is 6. The molecule has 188 valence electrons. The first-order chi connectivity index (χ1) is 17.9. The molecule has 2 heterocycles. The Hall–Kier alpha value is -4.79. The number of carbonyl (C=O) groups excluding carboxylic acids is 2. The molecule has 2 aliphatic rings. The molecule has 0 aliphatic carbocycles. The first-order valence-corrected chi connectivity index (χ1v) is 11.5. The summed E-state index contributed by atoms with van der Waals surface area (Å²) in [7, 11) is 1.48. The summed E-state index contributed by atoms with van der Waals surface area (Å²) in [5.41, 5.74) is 1.59. The second kappa shape index (κ2) is 9.69. The lowest BCUT2D eigenvalue weighted by Gasteiger charge is -2.27. The zero-order valence-electron chi connectivity index (χ0n) is 19.8. The third-order valence-electron chi connectivity index (χ3n) is 6.26. The van der Waals surface area contributed by atoms with E-state index >= 15 is 0 Å². The van der Waals surface area contributed by atoms with E-state index < -0.39 is 23.7 Å². The van der Waals surface area contributed by atoms with Crippen LogP contribution in [0.1, 0.15) is 22.7 Å². The van der Waals surface area contributed by atoms with E-state index in [9.17, 15) is 19.5 Å². The smallest absolute Gasteiger partial charge is 0.307 e. The van der Waals surface area contributed by atoms with E-state index in [0.29, 0.717) is 52.8 Å². The van der Waals surface area contributed by atoms with Gasteiger partial charge in [0.15, 0.2) is 11.5 Å². The normalized spacial score (nSPS) is 18.1. The van der Waals surface area contributed by atoms with Crippen LogP contribution in [0, 0.1) is 0 Å². The summed E-state index contributed by atoms with van der Waals surface area (Å²) >= 11 is 0. The quantitative estimate of drug-likeness (QED) is 0.298. The van der Waals surface area contributed by atoms with E-state index in [4.69, 9.17) is 19.3 Å². The van der Waals surface area contributed by atoms with Gasteiger partial charge in [0.2, 0.25) is 0 Å². The van der Waals surface area contributed by atoms with Crippen LogP contribution >= 0.6 is 0 Å². The van der Waals surface area contributed by atoms with Crippen LogP contribution in [-0.4, -0.2) is 48.2 Å². The van der Waals surface area contributed by atoms with Gasteiger partial charge in [-0.1, -0.05) is 30.3 Å². The number of carbonyl (C=O) groups is 3. The number of carboxylic acid groups (broad SMARTS) is 1. The molecule has 5 rings (SSSR count). The predicted octanol–water partition coefficient (Wildman–Crippen LogP) is 3.72. The molecule has 1 unspecified atom stereocenters. The van der Waals surface area contributed by atoms with Gasteiger partial charge in [0, 0.05) is 16.8 Å². The van der Waals surface area contributed by atoms with Crippen LogP contribution in [0.4, 0.5) is 5.69 Å². The standard InChI is InChI=1S/C28H23NO8/c1-35-20-5-3-2-4-19(20)25-24(26(32)17-8-11-21-22(15-17)37-13-12-36-21)27(33)28(34)29(25)18-9-6-16(7-10-18)14-23(30)31/h2-11,15,25,32H,12-14H2,1H3,(H,30,31)/b26-24+. The van der Waals surface area contributed by atoms with Gasteiger partial charge < -0.3 is 24.4 Å². The Morgan fingerprint density at radius 1 is 0.973 bits per heavy atom. The summed E-state index contributed by atoms with van der Waals surface area (Å²) in [5.74, 6) is -1.68. The molecule has 1 saturated heterocycles. The number of hydrogen-bond acceptors (Lipinski definition) is 7. The minimum absolute atomic E-state index is 0.110. The second-order valence-electron chi connectivity index (χ2n) is 8.51. The number of nitrogens with zero attached hydrogens (tertiary/aromatic N) is 1. The van der Waals surface area contributed by atoms with Gasteiger partial charge in [-0.3, -0.25) is 19.3 Å². The van der Waals surface area contributed by atoms with Crippen LogP contribution in [0.15, 0.2) is 72.3 Å². The number of benzene rings is 3. The zero-order valence-corrected chi connectivity index (χ0v) is 19.8. The number of hydrogen-bond donors (Lipinski definition) is 2. The van der Waals surface area contributed by atoms with Gasteiger partial charge >= 0.3 is 5.97 Å². The minimum Gasteiger partial charge on any atom is -0.507 e. The number of anilines is 1. The molecule has 9 nitrogen and oxygen atoms in total. The van der Waals surface area contributed by atoms with Gasteiger partial charge in [-0.05, 0) is 42.0 Å². The van der Waals surface area contributed by atoms with Crippen molar-refractivity contribution < 1.29 is 38.8 Å². The lowest BCUT2D eigenvalue weighted by molar-refractivity contribution is -0.136. The number of Topliss-reactive ketones (excluding diaryl/α,β-unsaturated/α-hetero) is 1. The van der Waals surface area contributed by atoms with Crippen LogP contribution in [0.25, 0.3) is 5.76 Å². The van der Waals surface area contributed by atoms with Crippen LogP contribution in [0.5, 0.6) is 17.2 Å². The van der Waals surface area contributed by atoms with Crippen LogP contribution in [0.2, 0.25) is 0 Å². The summed E-state index contributed by atoms with van der Waals surface area (Å²) in [6, 6.07) is 17.1. The molecule has 2 N–H and O–H groups in total. The first-order valence-electron chi connectivity index (χ1n) is 11.5. The molecule has 9 heteroatoms. The molecular weight excluding hydrogens is 478 g/mol. The molecule has 1 atom stereocenters. The van der Waals surface area contributed by atoms with Crippen molar-refractivity contribution in [3.63, 3.8) is 0 Å². The van der Waals surface area contributed by atoms with E-state index in [1.165, 1.54) is 12.0 Å². The molecule has 1 fully saturated rings. The molecule has 0 bridgehead atoms. The number of aliphatic carboxylic acids is 1. The highest BCUT2D eigenvalue weighted by molar-refractivity contribution is 6.51. The zero-order chi connectivity index (χ0) is 26.1. The summed E-state index contributed by atoms with van der Waals surface area (Å²) in [4.78, 5) is 39.2. The van der Waals surface area contributed by atoms with Crippen molar-refractivity contribution >= 4 is 29.1 Å². The monoisotopic (exact) mass is 501 g/mol. The third-order valence-corrected chi connectivity index (χ3v) is 6.26. The molecule has 0 spiro atoms. The van der Waals surface area contributed by atoms with Crippen LogP contribution in [0.3, 0.4) is 0 Å². The van der Waals surface area contributed by atoms with Crippen molar-refractivity contribution in [1.82, 2.24) is 0 Å². The number of ether oxygens (including phenoxy) is 3. The summed E-state index contributed by atoms with van der Waals surface area (Å²) < 4.78 is 16.7. The molecule has 0 aromatic heterocycles. The fourth-order valence-corrected chi connectivity index (χ4v) is 4.58. The minimum atomic E-state index is -1.00. The van der Waals surface area contributed by atoms with Gasteiger partial charge in [-0.15, -0.1) is 0 Å². The Morgan fingerprint density at radius 3 is 2.38 bits per heavy atom. The molecular formula is C28H23NO8. The molecule has 0 saturated carbocycles. The van der Waals surface area contributed by atoms with Crippen molar-refractivity contribution in [2.75, 3.05) is 25.2 Å². The van der Waals surface area contributed by atoms with Gasteiger partial charge in [0.05, 0.1) is 25.1 Å². The highest BCUT2D eigenvalue weighted by Crippen LogP contribution is 2.45. The number of amides is 1. The molecule has 3 aromatic rings. The third kappa shape index (κ3) is 4.35. The Bertz CT molecular complexity index is 1430. The van der Waals surface area contributed by atoms with Gasteiger partial charge in [-0.2, -0.15) is 0 Å². The highest BCUT2D eigenvalue weighted by Gasteiger charge is 2.48.